The molecule has 1 aliphatic heterocycles. The molecule has 0 saturated carbocycles. The fourth-order valence-corrected chi connectivity index (χ4v) is 11.9. The van der Waals surface area contributed by atoms with Crippen molar-refractivity contribution in [3.05, 3.63) is 324 Å². The van der Waals surface area contributed by atoms with Gasteiger partial charge in [0.1, 0.15) is 0 Å². The Balaban J connectivity index is 1.04. The summed E-state index contributed by atoms with van der Waals surface area (Å²) in [5.74, 6) is 0. The van der Waals surface area contributed by atoms with Crippen molar-refractivity contribution < 1.29 is 4.36 Å². The number of rotatable bonds is 9. The van der Waals surface area contributed by atoms with Crippen molar-refractivity contribution in [2.75, 3.05) is 4.90 Å². The summed E-state index contributed by atoms with van der Waals surface area (Å²) in [6.07, 6.45) is 0. The van der Waals surface area contributed by atoms with Gasteiger partial charge >= 0.3 is 0 Å². The van der Waals surface area contributed by atoms with Crippen molar-refractivity contribution >= 4 is 44.2 Å². The highest BCUT2D eigenvalue weighted by atomic mass is 15.2. The van der Waals surface area contributed by atoms with Gasteiger partial charge in [0, 0.05) is 28.7 Å². The molecule has 342 valence electrons. The number of hydrogen-bond acceptors (Lipinski definition) is 2. The van der Waals surface area contributed by atoms with E-state index in [1.807, 2.05) is 0 Å². The molecule has 0 bridgehead atoms. The lowest BCUT2D eigenvalue weighted by atomic mass is 9.67. The van der Waals surface area contributed by atoms with E-state index in [4.69, 9.17) is 5.11 Å². The zero-order valence-electron chi connectivity index (χ0n) is 40.1. The molecular weight excluding hydrogens is 883 g/mol. The lowest BCUT2D eigenvalue weighted by Gasteiger charge is -2.35. The number of aromatic nitrogens is 1. The van der Waals surface area contributed by atoms with Crippen molar-refractivity contribution in [3.8, 4) is 33.5 Å². The Hall–Kier alpha value is -9.44. The molecule has 1 unspecified atom stereocenters. The van der Waals surface area contributed by atoms with E-state index < -0.39 is 5.41 Å². The first-order valence-corrected chi connectivity index (χ1v) is 25.2. The van der Waals surface area contributed by atoms with Gasteiger partial charge in [-0.1, -0.05) is 224 Å². The van der Waals surface area contributed by atoms with Crippen LogP contribution >= 0.6 is 0 Å². The molecule has 2 aliphatic rings. The van der Waals surface area contributed by atoms with Gasteiger partial charge in [-0.3, -0.25) is 0 Å². The maximum absolute atomic E-state index is 5.65. The second kappa shape index (κ2) is 17.4. The summed E-state index contributed by atoms with van der Waals surface area (Å²) >= 11 is 0. The third-order valence-corrected chi connectivity index (χ3v) is 15.2. The fourth-order valence-electron chi connectivity index (χ4n) is 11.9. The van der Waals surface area contributed by atoms with Crippen LogP contribution in [0.5, 0.6) is 0 Å². The molecule has 12 aromatic rings. The Morgan fingerprint density at radius 1 is 0.356 bits per heavy atom. The summed E-state index contributed by atoms with van der Waals surface area (Å²) in [4.78, 5) is 2.46. The number of anilines is 3. The number of pyridine rings is 1. The van der Waals surface area contributed by atoms with E-state index in [1.54, 1.807) is 0 Å². The molecule has 2 heterocycles. The van der Waals surface area contributed by atoms with Crippen molar-refractivity contribution in [1.82, 2.24) is 0 Å². The summed E-state index contributed by atoms with van der Waals surface area (Å²) in [6, 6.07) is 104. The lowest BCUT2D eigenvalue weighted by molar-refractivity contribution is -0.546. The number of hydrogen-bond donors (Lipinski definition) is 0. The van der Waals surface area contributed by atoms with Crippen LogP contribution in [-0.4, -0.2) is 0 Å². The third-order valence-electron chi connectivity index (χ3n) is 15.2. The molecular formula is C70H48N3+. The van der Waals surface area contributed by atoms with Crippen molar-refractivity contribution in [2.24, 2.45) is 5.11 Å². The highest BCUT2D eigenvalue weighted by molar-refractivity contribution is 5.95. The molecule has 1 atom stereocenters. The standard InChI is InChI=1S/C70H48N3/c1-6-21-50(22-7-1)66-45-55-38-41-59(46-63(55)69-67(51-23-8-2-9-24-51)68(71-73(66)69)52-25-10-3-11-26-52)72(58-39-36-49(37-40-58)54-35-34-48-20-16-17-27-53(48)44-54)60-42-43-62-61-32-18-19-33-64(61)70(65(62)47-60,56-28-12-4-13-29-56)57-30-14-5-15-31-57/h1-47,68H/q+1. The molecule has 3 heteroatoms. The molecule has 0 saturated heterocycles. The van der Waals surface area contributed by atoms with Gasteiger partial charge in [0.15, 0.2) is 6.04 Å². The van der Waals surface area contributed by atoms with Crippen LogP contribution < -0.4 is 14.6 Å². The smallest absolute Gasteiger partial charge is 0.252 e. The number of fused-ring (bicyclic) bond motifs is 7. The van der Waals surface area contributed by atoms with Gasteiger partial charge in [-0.25, -0.2) is 0 Å². The van der Waals surface area contributed by atoms with E-state index in [0.717, 1.165) is 55.6 Å². The zero-order valence-corrected chi connectivity index (χ0v) is 40.1. The second-order valence-corrected chi connectivity index (χ2v) is 19.2. The van der Waals surface area contributed by atoms with Crippen LogP contribution in [0.1, 0.15) is 39.4 Å². The maximum Gasteiger partial charge on any atom is 0.252 e. The largest absolute Gasteiger partial charge is 0.310 e. The molecule has 0 N–H and O–H groups in total. The third kappa shape index (κ3) is 6.96. The second-order valence-electron chi connectivity index (χ2n) is 19.2. The van der Waals surface area contributed by atoms with Crippen LogP contribution in [0.3, 0.4) is 0 Å². The minimum absolute atomic E-state index is 0.221. The van der Waals surface area contributed by atoms with Gasteiger partial charge in [0.05, 0.1) is 16.4 Å². The molecule has 1 aliphatic carbocycles. The highest BCUT2D eigenvalue weighted by Gasteiger charge is 2.46. The van der Waals surface area contributed by atoms with Crippen molar-refractivity contribution in [3.63, 3.8) is 0 Å². The lowest BCUT2D eigenvalue weighted by Crippen LogP contribution is -2.38. The summed E-state index contributed by atoms with van der Waals surface area (Å²) in [5.41, 5.74) is 18.2. The normalized spacial score (nSPS) is 14.1. The number of nitrogens with zero attached hydrogens (tertiary/aromatic N) is 3. The Labute approximate surface area is 425 Å². The van der Waals surface area contributed by atoms with E-state index in [9.17, 15) is 0 Å². The summed E-state index contributed by atoms with van der Waals surface area (Å²) in [5, 5.41) is 11.5. The predicted molar refractivity (Wildman–Crippen MR) is 300 cm³/mol. The molecule has 3 nitrogen and oxygen atoms in total. The first-order valence-electron chi connectivity index (χ1n) is 25.2. The minimum Gasteiger partial charge on any atom is -0.310 e. The predicted octanol–water partition coefficient (Wildman–Crippen LogP) is 16.4. The van der Waals surface area contributed by atoms with Gasteiger partial charge in [0.25, 0.3) is 5.35 Å². The van der Waals surface area contributed by atoms with E-state index in [1.165, 1.54) is 60.9 Å². The summed E-state index contributed by atoms with van der Waals surface area (Å²) in [6.45, 7) is 0. The van der Waals surface area contributed by atoms with Crippen LogP contribution in [0.2, 0.25) is 0 Å². The molecule has 0 radical (unpaired) electrons. The summed E-state index contributed by atoms with van der Waals surface area (Å²) in [7, 11) is 0. The quantitative estimate of drug-likeness (QED) is 0.132. The molecule has 73 heavy (non-hydrogen) atoms. The fraction of sp³-hybridized carbons (Fsp3) is 0.0286. The van der Waals surface area contributed by atoms with Crippen LogP contribution in [0.25, 0.3) is 60.6 Å². The molecule has 11 aromatic carbocycles. The average Bonchev–Trinajstić information content (AvgIpc) is 4.03. The molecule has 0 amide bonds. The molecule has 0 spiro atoms. The van der Waals surface area contributed by atoms with Gasteiger partial charge in [-0.2, -0.15) is 0 Å². The highest BCUT2D eigenvalue weighted by Crippen LogP contribution is 2.57. The first-order chi connectivity index (χ1) is 36.2. The molecule has 14 rings (SSSR count). The van der Waals surface area contributed by atoms with E-state index >= 15 is 0 Å². The van der Waals surface area contributed by atoms with Crippen LogP contribution in [0, 0.1) is 0 Å². The van der Waals surface area contributed by atoms with Crippen molar-refractivity contribution in [1.29, 1.82) is 0 Å². The molecule has 1 aromatic heterocycles. The van der Waals surface area contributed by atoms with Crippen molar-refractivity contribution in [2.45, 2.75) is 11.5 Å². The van der Waals surface area contributed by atoms with Gasteiger partial charge < -0.3 is 4.90 Å². The topological polar surface area (TPSA) is 21.5 Å². The summed E-state index contributed by atoms with van der Waals surface area (Å²) < 4.78 is 2.23. The Bertz CT molecular complexity index is 4140. The van der Waals surface area contributed by atoms with E-state index in [0.29, 0.717) is 0 Å². The van der Waals surface area contributed by atoms with Gasteiger partial charge in [-0.05, 0) is 136 Å². The SMILES string of the molecule is c1ccc(C2=c3c4cc(N(c5ccc(-c6ccc7ccccc7c6)cc5)c5ccc6c(c5)C(c5ccccc5)(c5ccccc5)c5ccccc5-6)ccc4cc(-c4ccccc4)[n+]3=NC2c2ccccc2)cc1. The monoisotopic (exact) mass is 930 g/mol. The zero-order chi connectivity index (χ0) is 48.3. The van der Waals surface area contributed by atoms with Gasteiger partial charge in [0.2, 0.25) is 5.69 Å². The van der Waals surface area contributed by atoms with Crippen LogP contribution in [-0.2, 0) is 5.41 Å². The van der Waals surface area contributed by atoms with E-state index in [2.05, 4.69) is 294 Å². The average molecular weight is 931 g/mol. The Kier molecular flexibility index (Phi) is 10.1. The van der Waals surface area contributed by atoms with Crippen LogP contribution in [0.4, 0.5) is 17.1 Å². The molecule has 0 fully saturated rings. The minimum atomic E-state index is -0.557. The van der Waals surface area contributed by atoms with Gasteiger partial charge in [-0.15, -0.1) is 0 Å². The maximum atomic E-state index is 5.65. The Morgan fingerprint density at radius 2 is 0.890 bits per heavy atom. The first kappa shape index (κ1) is 42.4. The number of benzene rings is 11. The van der Waals surface area contributed by atoms with E-state index in [-0.39, 0.29) is 6.04 Å². The van der Waals surface area contributed by atoms with Crippen LogP contribution in [0.15, 0.2) is 290 Å². The Morgan fingerprint density at radius 3 is 1.60 bits per heavy atom.